The number of hydrogen-bond donors (Lipinski definition) is 2. The van der Waals surface area contributed by atoms with E-state index < -0.39 is 38.5 Å². The van der Waals surface area contributed by atoms with Gasteiger partial charge in [0.1, 0.15) is 22.3 Å². The lowest BCUT2D eigenvalue weighted by Gasteiger charge is -2.33. The molecule has 1 fully saturated rings. The van der Waals surface area contributed by atoms with Crippen molar-refractivity contribution >= 4 is 27.6 Å². The number of imide groups is 1. The Hall–Kier alpha value is -3.09. The fraction of sp³-hybridized carbons (Fsp3) is 0.300. The monoisotopic (exact) mass is 468 g/mol. The van der Waals surface area contributed by atoms with Gasteiger partial charge in [-0.3, -0.25) is 15.0 Å². The number of rotatable bonds is 6. The van der Waals surface area contributed by atoms with Crippen molar-refractivity contribution in [2.24, 2.45) is 0 Å². The summed E-state index contributed by atoms with van der Waals surface area (Å²) in [5.74, 6) is -1.83. The van der Waals surface area contributed by atoms with Gasteiger partial charge in [0, 0.05) is 31.9 Å². The largest absolute Gasteiger partial charge is 0.497 e. The number of benzene rings is 2. The first-order chi connectivity index (χ1) is 15.2. The van der Waals surface area contributed by atoms with E-state index in [1.807, 2.05) is 0 Å². The minimum Gasteiger partial charge on any atom is -0.497 e. The van der Waals surface area contributed by atoms with E-state index in [4.69, 9.17) is 4.74 Å². The summed E-state index contributed by atoms with van der Waals surface area (Å²) in [4.78, 5) is 25.0. The molecular formula is C20H22F2N4O5S. The van der Waals surface area contributed by atoms with Crippen LogP contribution in [0.25, 0.3) is 0 Å². The molecule has 172 valence electrons. The summed E-state index contributed by atoms with van der Waals surface area (Å²) in [5, 5.41) is 4.72. The molecule has 1 aliphatic rings. The molecule has 3 rings (SSSR count). The number of hydrogen-bond acceptors (Lipinski definition) is 6. The fourth-order valence-corrected chi connectivity index (χ4v) is 4.65. The lowest BCUT2D eigenvalue weighted by molar-refractivity contribution is -0.121. The molecule has 0 bridgehead atoms. The molecule has 2 N–H and O–H groups in total. The van der Waals surface area contributed by atoms with Crippen molar-refractivity contribution in [3.8, 4) is 5.75 Å². The first kappa shape index (κ1) is 23.6. The van der Waals surface area contributed by atoms with Gasteiger partial charge in [-0.05, 0) is 42.5 Å². The average Bonchev–Trinajstić information content (AvgIpc) is 2.76. The maximum absolute atomic E-state index is 13.9. The third kappa shape index (κ3) is 5.78. The van der Waals surface area contributed by atoms with Crippen molar-refractivity contribution in [2.45, 2.75) is 4.90 Å². The van der Waals surface area contributed by atoms with Gasteiger partial charge < -0.3 is 10.1 Å². The van der Waals surface area contributed by atoms with Gasteiger partial charge in [0.15, 0.2) is 0 Å². The van der Waals surface area contributed by atoms with E-state index in [1.54, 1.807) is 29.2 Å². The van der Waals surface area contributed by atoms with Crippen LogP contribution in [-0.2, 0) is 14.8 Å². The van der Waals surface area contributed by atoms with Crippen LogP contribution < -0.4 is 15.4 Å². The van der Waals surface area contributed by atoms with E-state index in [-0.39, 0.29) is 32.7 Å². The van der Waals surface area contributed by atoms with Crippen LogP contribution in [0.1, 0.15) is 0 Å². The molecule has 0 aliphatic carbocycles. The number of methoxy groups -OCH3 is 1. The molecule has 2 aromatic rings. The van der Waals surface area contributed by atoms with Crippen LogP contribution in [-0.4, -0.2) is 69.4 Å². The Labute approximate surface area is 184 Å². The predicted molar refractivity (Wildman–Crippen MR) is 112 cm³/mol. The molecule has 0 atom stereocenters. The van der Waals surface area contributed by atoms with Crippen LogP contribution in [0.5, 0.6) is 5.75 Å². The topological polar surface area (TPSA) is 108 Å². The van der Waals surface area contributed by atoms with E-state index >= 15 is 0 Å². The molecule has 3 amide bonds. The molecular weight excluding hydrogens is 446 g/mol. The average molecular weight is 468 g/mol. The Balaban J connectivity index is 1.49. The van der Waals surface area contributed by atoms with Crippen LogP contribution in [0.2, 0.25) is 0 Å². The van der Waals surface area contributed by atoms with Crippen LogP contribution >= 0.6 is 0 Å². The molecule has 1 heterocycles. The van der Waals surface area contributed by atoms with E-state index in [9.17, 15) is 26.8 Å². The number of halogens is 2. The Kier molecular flexibility index (Phi) is 7.38. The highest BCUT2D eigenvalue weighted by molar-refractivity contribution is 7.89. The van der Waals surface area contributed by atoms with Gasteiger partial charge in [0.05, 0.1) is 13.7 Å². The minimum absolute atomic E-state index is 0.0103. The summed E-state index contributed by atoms with van der Waals surface area (Å²) in [7, 11) is -2.69. The van der Waals surface area contributed by atoms with Crippen molar-refractivity contribution in [1.29, 1.82) is 0 Å². The molecule has 0 spiro atoms. The number of ether oxygens (including phenoxy) is 1. The maximum Gasteiger partial charge on any atom is 0.325 e. The Bertz CT molecular complexity index is 1090. The lowest BCUT2D eigenvalue weighted by atomic mass is 10.3. The van der Waals surface area contributed by atoms with Gasteiger partial charge >= 0.3 is 6.03 Å². The zero-order valence-corrected chi connectivity index (χ0v) is 18.0. The second-order valence-electron chi connectivity index (χ2n) is 6.99. The molecule has 0 aromatic heterocycles. The maximum atomic E-state index is 13.9. The smallest absolute Gasteiger partial charge is 0.325 e. The highest BCUT2D eigenvalue weighted by Gasteiger charge is 2.31. The highest BCUT2D eigenvalue weighted by Crippen LogP contribution is 2.21. The first-order valence-electron chi connectivity index (χ1n) is 9.61. The third-order valence-electron chi connectivity index (χ3n) is 4.81. The van der Waals surface area contributed by atoms with Crippen LogP contribution in [0.4, 0.5) is 19.3 Å². The highest BCUT2D eigenvalue weighted by atomic mass is 32.2. The number of urea groups is 1. The van der Waals surface area contributed by atoms with Gasteiger partial charge in [-0.25, -0.2) is 22.0 Å². The lowest BCUT2D eigenvalue weighted by Crippen LogP contribution is -2.51. The van der Waals surface area contributed by atoms with E-state index in [1.165, 1.54) is 7.11 Å². The molecule has 0 saturated carbocycles. The van der Waals surface area contributed by atoms with Crippen LogP contribution in [0.15, 0.2) is 47.4 Å². The molecule has 2 aromatic carbocycles. The van der Waals surface area contributed by atoms with Gasteiger partial charge in [-0.15, -0.1) is 0 Å². The quantitative estimate of drug-likeness (QED) is 0.667. The van der Waals surface area contributed by atoms with E-state index in [2.05, 4.69) is 10.6 Å². The van der Waals surface area contributed by atoms with Crippen molar-refractivity contribution in [3.05, 3.63) is 54.1 Å². The fourth-order valence-electron chi connectivity index (χ4n) is 3.15. The second-order valence-corrected chi connectivity index (χ2v) is 8.89. The van der Waals surface area contributed by atoms with Gasteiger partial charge in [-0.2, -0.15) is 4.31 Å². The second kappa shape index (κ2) is 10.0. The number of carbonyl (C=O) groups excluding carboxylic acids is 2. The summed E-state index contributed by atoms with van der Waals surface area (Å²) < 4.78 is 58.6. The number of sulfonamides is 1. The van der Waals surface area contributed by atoms with Gasteiger partial charge in [-0.1, -0.05) is 0 Å². The number of nitrogens with zero attached hydrogens (tertiary/aromatic N) is 2. The van der Waals surface area contributed by atoms with Crippen LogP contribution in [0.3, 0.4) is 0 Å². The van der Waals surface area contributed by atoms with Crippen LogP contribution in [0, 0.1) is 11.6 Å². The number of amides is 3. The van der Waals surface area contributed by atoms with E-state index in [0.717, 1.165) is 16.4 Å². The zero-order valence-electron chi connectivity index (χ0n) is 17.2. The standard InChI is InChI=1S/C20H22F2N4O5S/c1-31-16-5-3-15(4-6-16)23-20(28)24-19(27)13-25-8-10-26(11-9-25)32(29,30)18-12-14(21)2-7-17(18)22/h2-7,12H,8-11,13H2,1H3,(H2,23,24,27,28). The molecule has 1 saturated heterocycles. The van der Waals surface area contributed by atoms with Gasteiger partial charge in [0.25, 0.3) is 0 Å². The third-order valence-corrected chi connectivity index (χ3v) is 6.72. The summed E-state index contributed by atoms with van der Waals surface area (Å²) in [5.41, 5.74) is 0.472. The Morgan fingerprint density at radius 2 is 1.69 bits per heavy atom. The SMILES string of the molecule is COc1ccc(NC(=O)NC(=O)CN2CCN(S(=O)(=O)c3cc(F)ccc3F)CC2)cc1. The summed E-state index contributed by atoms with van der Waals surface area (Å²) in [6.07, 6.45) is 0. The minimum atomic E-state index is -4.21. The molecule has 1 aliphatic heterocycles. The van der Waals surface area contributed by atoms with Crippen molar-refractivity contribution in [1.82, 2.24) is 14.5 Å². The number of anilines is 1. The number of nitrogens with one attached hydrogen (secondary N) is 2. The Morgan fingerprint density at radius 1 is 1.03 bits per heavy atom. The van der Waals surface area contributed by atoms with Crippen molar-refractivity contribution in [3.63, 3.8) is 0 Å². The number of piperazine rings is 1. The Morgan fingerprint density at radius 3 is 2.31 bits per heavy atom. The summed E-state index contributed by atoms with van der Waals surface area (Å²) >= 11 is 0. The predicted octanol–water partition coefficient (Wildman–Crippen LogP) is 1.63. The van der Waals surface area contributed by atoms with E-state index in [0.29, 0.717) is 17.5 Å². The number of carbonyl (C=O) groups is 2. The molecule has 32 heavy (non-hydrogen) atoms. The zero-order chi connectivity index (χ0) is 23.3. The first-order valence-corrected chi connectivity index (χ1v) is 11.1. The molecule has 9 nitrogen and oxygen atoms in total. The van der Waals surface area contributed by atoms with Crippen molar-refractivity contribution < 1.29 is 31.5 Å². The molecule has 0 unspecified atom stereocenters. The molecule has 12 heteroatoms. The normalized spacial score (nSPS) is 15.2. The molecule has 0 radical (unpaired) electrons. The summed E-state index contributed by atoms with van der Waals surface area (Å²) in [6, 6.07) is 8.08. The van der Waals surface area contributed by atoms with Gasteiger partial charge in [0.2, 0.25) is 15.9 Å². The van der Waals surface area contributed by atoms with Crippen molar-refractivity contribution in [2.75, 3.05) is 45.2 Å². The summed E-state index contributed by atoms with van der Waals surface area (Å²) in [6.45, 7) is 0.221.